The predicted octanol–water partition coefficient (Wildman–Crippen LogP) is 1.87. The number of hydrogen-bond acceptors (Lipinski definition) is 5. The van der Waals surface area contributed by atoms with Crippen molar-refractivity contribution >= 4 is 43.4 Å². The number of benzene rings is 1. The molecule has 1 aromatic heterocycles. The Bertz CT molecular complexity index is 844. The van der Waals surface area contributed by atoms with E-state index in [1.54, 1.807) is 0 Å². The van der Waals surface area contributed by atoms with Gasteiger partial charge >= 0.3 is 0 Å². The molecule has 0 bridgehead atoms. The zero-order valence-corrected chi connectivity index (χ0v) is 14.7. The molecule has 0 spiro atoms. The van der Waals surface area contributed by atoms with Crippen LogP contribution in [0.1, 0.15) is 6.42 Å². The molecule has 10 heteroatoms. The Morgan fingerprint density at radius 2 is 1.96 bits per heavy atom. The fourth-order valence-corrected chi connectivity index (χ4v) is 3.40. The standard InChI is InChI=1S/C14H14BrFN4O3S/c15-9-7-12(14(17)18-8-9)24(22,23)19-6-5-13(21)20-11-3-1-10(16)2-4-11/h1-4,7-8,19H,5-6H2,(H2,17,18)(H,20,21). The van der Waals surface area contributed by atoms with E-state index in [2.05, 4.69) is 31.0 Å². The molecule has 128 valence electrons. The summed E-state index contributed by atoms with van der Waals surface area (Å²) in [7, 11) is -3.88. The molecule has 0 unspecified atom stereocenters. The highest BCUT2D eigenvalue weighted by molar-refractivity contribution is 9.10. The van der Waals surface area contributed by atoms with Crippen LogP contribution in [0.15, 0.2) is 45.9 Å². The number of carbonyl (C=O) groups excluding carboxylic acids is 1. The predicted molar refractivity (Wildman–Crippen MR) is 91.2 cm³/mol. The van der Waals surface area contributed by atoms with Gasteiger partial charge in [0.05, 0.1) is 0 Å². The molecule has 0 fully saturated rings. The lowest BCUT2D eigenvalue weighted by atomic mass is 10.3. The van der Waals surface area contributed by atoms with Gasteiger partial charge in [0.2, 0.25) is 15.9 Å². The number of amides is 1. The Balaban J connectivity index is 1.91. The van der Waals surface area contributed by atoms with Crippen LogP contribution in [0, 0.1) is 5.82 Å². The summed E-state index contributed by atoms with van der Waals surface area (Å²) in [5.41, 5.74) is 5.98. The normalized spacial score (nSPS) is 11.2. The highest BCUT2D eigenvalue weighted by atomic mass is 79.9. The van der Waals surface area contributed by atoms with Crippen LogP contribution in [-0.2, 0) is 14.8 Å². The molecule has 0 aliphatic heterocycles. The summed E-state index contributed by atoms with van der Waals surface area (Å²) in [5, 5.41) is 2.53. The fraction of sp³-hybridized carbons (Fsp3) is 0.143. The van der Waals surface area contributed by atoms with E-state index >= 15 is 0 Å². The van der Waals surface area contributed by atoms with Crippen molar-refractivity contribution in [1.82, 2.24) is 9.71 Å². The van der Waals surface area contributed by atoms with Crippen LogP contribution >= 0.6 is 15.9 Å². The van der Waals surface area contributed by atoms with Crippen LogP contribution in [0.4, 0.5) is 15.9 Å². The van der Waals surface area contributed by atoms with E-state index in [0.29, 0.717) is 10.2 Å². The van der Waals surface area contributed by atoms with Gasteiger partial charge < -0.3 is 11.1 Å². The number of rotatable bonds is 6. The van der Waals surface area contributed by atoms with Gasteiger partial charge in [-0.2, -0.15) is 0 Å². The Labute approximate surface area is 146 Å². The lowest BCUT2D eigenvalue weighted by molar-refractivity contribution is -0.116. The lowest BCUT2D eigenvalue weighted by Crippen LogP contribution is -2.28. The average molecular weight is 417 g/mol. The number of anilines is 2. The highest BCUT2D eigenvalue weighted by Crippen LogP contribution is 2.20. The monoisotopic (exact) mass is 416 g/mol. The van der Waals surface area contributed by atoms with Gasteiger partial charge in [0.1, 0.15) is 16.5 Å². The van der Waals surface area contributed by atoms with E-state index in [0.717, 1.165) is 0 Å². The molecular weight excluding hydrogens is 403 g/mol. The molecular formula is C14H14BrFN4O3S. The number of sulfonamides is 1. The maximum absolute atomic E-state index is 12.8. The van der Waals surface area contributed by atoms with E-state index in [9.17, 15) is 17.6 Å². The number of aromatic nitrogens is 1. The first-order chi connectivity index (χ1) is 11.3. The van der Waals surface area contributed by atoms with Gasteiger partial charge in [-0.25, -0.2) is 22.5 Å². The zero-order valence-electron chi connectivity index (χ0n) is 12.3. The van der Waals surface area contributed by atoms with Gasteiger partial charge in [-0.15, -0.1) is 0 Å². The van der Waals surface area contributed by atoms with Crippen molar-refractivity contribution in [2.45, 2.75) is 11.3 Å². The zero-order chi connectivity index (χ0) is 17.7. The number of nitrogen functional groups attached to an aromatic ring is 1. The molecule has 2 rings (SSSR count). The SMILES string of the molecule is Nc1ncc(Br)cc1S(=O)(=O)NCCC(=O)Nc1ccc(F)cc1. The topological polar surface area (TPSA) is 114 Å². The van der Waals surface area contributed by atoms with Crippen LogP contribution in [-0.4, -0.2) is 25.9 Å². The number of halogens is 2. The van der Waals surface area contributed by atoms with E-state index in [1.165, 1.54) is 36.5 Å². The summed E-state index contributed by atoms with van der Waals surface area (Å²) >= 11 is 3.12. The molecule has 1 amide bonds. The molecule has 0 aliphatic rings. The number of nitrogens with one attached hydrogen (secondary N) is 2. The van der Waals surface area contributed by atoms with Crippen LogP contribution in [0.2, 0.25) is 0 Å². The van der Waals surface area contributed by atoms with Crippen molar-refractivity contribution in [3.8, 4) is 0 Å². The number of nitrogens with two attached hydrogens (primary N) is 1. The summed E-state index contributed by atoms with van der Waals surface area (Å²) in [6.07, 6.45) is 1.28. The third-order valence-electron chi connectivity index (χ3n) is 2.91. The van der Waals surface area contributed by atoms with E-state index < -0.39 is 21.7 Å². The van der Waals surface area contributed by atoms with Crippen molar-refractivity contribution in [1.29, 1.82) is 0 Å². The maximum atomic E-state index is 12.8. The molecule has 0 radical (unpaired) electrons. The first-order valence-electron chi connectivity index (χ1n) is 6.74. The van der Waals surface area contributed by atoms with Gasteiger partial charge in [0, 0.05) is 29.3 Å². The molecule has 0 aliphatic carbocycles. The molecule has 0 saturated carbocycles. The second-order valence-corrected chi connectivity index (χ2v) is 7.39. The molecule has 2 aromatic rings. The van der Waals surface area contributed by atoms with Crippen molar-refractivity contribution in [3.63, 3.8) is 0 Å². The van der Waals surface area contributed by atoms with E-state index in [1.807, 2.05) is 0 Å². The van der Waals surface area contributed by atoms with Gasteiger partial charge in [-0.3, -0.25) is 4.79 Å². The van der Waals surface area contributed by atoms with E-state index in [-0.39, 0.29) is 23.7 Å². The van der Waals surface area contributed by atoms with Crippen LogP contribution in [0.25, 0.3) is 0 Å². The van der Waals surface area contributed by atoms with Crippen molar-refractivity contribution < 1.29 is 17.6 Å². The largest absolute Gasteiger partial charge is 0.383 e. The minimum atomic E-state index is -3.88. The van der Waals surface area contributed by atoms with Crippen LogP contribution in [0.5, 0.6) is 0 Å². The minimum Gasteiger partial charge on any atom is -0.383 e. The van der Waals surface area contributed by atoms with Crippen molar-refractivity contribution in [2.75, 3.05) is 17.6 Å². The van der Waals surface area contributed by atoms with Gasteiger partial charge in [0.15, 0.2) is 0 Å². The first-order valence-corrected chi connectivity index (χ1v) is 9.01. The third kappa shape index (κ3) is 4.98. The number of hydrogen-bond donors (Lipinski definition) is 3. The molecule has 24 heavy (non-hydrogen) atoms. The number of pyridine rings is 1. The number of carbonyl (C=O) groups is 1. The Morgan fingerprint density at radius 1 is 1.29 bits per heavy atom. The second kappa shape index (κ2) is 7.69. The summed E-state index contributed by atoms with van der Waals surface area (Å²) in [6.45, 7) is -0.124. The maximum Gasteiger partial charge on any atom is 0.244 e. The molecule has 1 aromatic carbocycles. The third-order valence-corrected chi connectivity index (χ3v) is 4.83. The van der Waals surface area contributed by atoms with Gasteiger partial charge in [-0.05, 0) is 46.3 Å². The molecule has 7 nitrogen and oxygen atoms in total. The highest BCUT2D eigenvalue weighted by Gasteiger charge is 2.19. The number of nitrogens with zero attached hydrogens (tertiary/aromatic N) is 1. The molecule has 0 atom stereocenters. The van der Waals surface area contributed by atoms with Crippen LogP contribution in [0.3, 0.4) is 0 Å². The average Bonchev–Trinajstić information content (AvgIpc) is 2.51. The smallest absolute Gasteiger partial charge is 0.244 e. The van der Waals surface area contributed by atoms with Crippen molar-refractivity contribution in [3.05, 3.63) is 46.8 Å². The second-order valence-electron chi connectivity index (χ2n) is 4.74. The molecule has 0 saturated heterocycles. The summed E-state index contributed by atoms with van der Waals surface area (Å²) < 4.78 is 39.8. The van der Waals surface area contributed by atoms with Gasteiger partial charge in [-0.1, -0.05) is 0 Å². The summed E-state index contributed by atoms with van der Waals surface area (Å²) in [4.78, 5) is 15.3. The first kappa shape index (κ1) is 18.3. The Kier molecular flexibility index (Phi) is 5.86. The molecule has 1 heterocycles. The van der Waals surface area contributed by atoms with Crippen LogP contribution < -0.4 is 15.8 Å². The lowest BCUT2D eigenvalue weighted by Gasteiger charge is -2.09. The minimum absolute atomic E-state index is 0.0993. The van der Waals surface area contributed by atoms with E-state index in [4.69, 9.17) is 5.73 Å². The quantitative estimate of drug-likeness (QED) is 0.664. The fourth-order valence-electron chi connectivity index (χ4n) is 1.78. The van der Waals surface area contributed by atoms with Crippen molar-refractivity contribution in [2.24, 2.45) is 0 Å². The summed E-state index contributed by atoms with van der Waals surface area (Å²) in [6, 6.07) is 6.56. The Hall–Kier alpha value is -2.04. The summed E-state index contributed by atoms with van der Waals surface area (Å²) in [5.74, 6) is -0.966. The Morgan fingerprint density at radius 3 is 2.62 bits per heavy atom. The van der Waals surface area contributed by atoms with Gasteiger partial charge in [0.25, 0.3) is 0 Å². The molecule has 4 N–H and O–H groups in total.